The van der Waals surface area contributed by atoms with Crippen LogP contribution in [0.25, 0.3) is 0 Å². The zero-order chi connectivity index (χ0) is 15.6. The molecule has 2 saturated heterocycles. The van der Waals surface area contributed by atoms with Gasteiger partial charge in [-0.1, -0.05) is 0 Å². The zero-order valence-corrected chi connectivity index (χ0v) is 13.5. The van der Waals surface area contributed by atoms with E-state index in [0.29, 0.717) is 45.3 Å². The van der Waals surface area contributed by atoms with Gasteiger partial charge in [0.2, 0.25) is 0 Å². The average Bonchev–Trinajstić information content (AvgIpc) is 2.46. The fraction of sp³-hybridized carbons (Fsp3) is 0.923. The first-order valence-electron chi connectivity index (χ1n) is 7.46. The minimum atomic E-state index is -3.45. The molecule has 2 heterocycles. The zero-order valence-electron chi connectivity index (χ0n) is 12.7. The van der Waals surface area contributed by atoms with E-state index in [-0.39, 0.29) is 24.0 Å². The fourth-order valence-corrected chi connectivity index (χ4v) is 5.01. The van der Waals surface area contributed by atoms with Crippen LogP contribution in [0, 0.1) is 5.92 Å². The smallest absolute Gasteiger partial charge is 0.308 e. The molecule has 0 saturated carbocycles. The van der Waals surface area contributed by atoms with Gasteiger partial charge in [0.15, 0.2) is 0 Å². The van der Waals surface area contributed by atoms with E-state index in [2.05, 4.69) is 0 Å². The van der Waals surface area contributed by atoms with Crippen LogP contribution in [0.4, 0.5) is 0 Å². The summed E-state index contributed by atoms with van der Waals surface area (Å²) in [5, 5.41) is 0. The number of piperidine rings is 2. The van der Waals surface area contributed by atoms with Gasteiger partial charge in [0, 0.05) is 31.7 Å². The number of nitrogens with zero attached hydrogens (tertiary/aromatic N) is 2. The van der Waals surface area contributed by atoms with Crippen LogP contribution in [0.3, 0.4) is 0 Å². The third-order valence-corrected chi connectivity index (χ3v) is 6.62. The molecule has 8 heteroatoms. The van der Waals surface area contributed by atoms with Gasteiger partial charge in [-0.3, -0.25) is 4.79 Å². The van der Waals surface area contributed by atoms with Crippen molar-refractivity contribution in [2.45, 2.75) is 44.7 Å². The molecule has 2 rings (SSSR count). The predicted molar refractivity (Wildman–Crippen MR) is 78.6 cm³/mol. The molecular weight excluding hydrogens is 294 g/mol. The predicted octanol–water partition coefficient (Wildman–Crippen LogP) is -0.0722. The largest absolute Gasteiger partial charge is 0.469 e. The summed E-state index contributed by atoms with van der Waals surface area (Å²) in [5.41, 5.74) is 5.89. The maximum atomic E-state index is 12.7. The Balaban J connectivity index is 2.00. The van der Waals surface area contributed by atoms with Crippen molar-refractivity contribution < 1.29 is 17.9 Å². The van der Waals surface area contributed by atoms with Crippen LogP contribution in [0.15, 0.2) is 0 Å². The van der Waals surface area contributed by atoms with E-state index in [0.717, 1.165) is 0 Å². The molecule has 2 atom stereocenters. The Kier molecular flexibility index (Phi) is 5.24. The van der Waals surface area contributed by atoms with Crippen molar-refractivity contribution in [3.05, 3.63) is 0 Å². The Bertz CT molecular complexity index is 474. The molecule has 0 aromatic rings. The topological polar surface area (TPSA) is 92.9 Å². The number of nitrogens with two attached hydrogens (primary N) is 1. The van der Waals surface area contributed by atoms with Crippen molar-refractivity contribution in [1.82, 2.24) is 8.61 Å². The van der Waals surface area contributed by atoms with Gasteiger partial charge >= 0.3 is 5.97 Å². The number of rotatable bonds is 3. The number of carbonyl (C=O) groups excluding carboxylic acids is 1. The molecule has 0 spiro atoms. The van der Waals surface area contributed by atoms with Crippen molar-refractivity contribution in [3.8, 4) is 0 Å². The number of methoxy groups -OCH3 is 1. The molecule has 2 fully saturated rings. The lowest BCUT2D eigenvalue weighted by Gasteiger charge is -2.40. The Hall–Kier alpha value is -0.700. The maximum absolute atomic E-state index is 12.7. The monoisotopic (exact) mass is 319 g/mol. The lowest BCUT2D eigenvalue weighted by Crippen LogP contribution is -2.54. The van der Waals surface area contributed by atoms with E-state index in [1.807, 2.05) is 6.92 Å². The van der Waals surface area contributed by atoms with Gasteiger partial charge in [-0.15, -0.1) is 0 Å². The molecule has 0 aromatic carbocycles. The average molecular weight is 319 g/mol. The minimum absolute atomic E-state index is 0.0721. The summed E-state index contributed by atoms with van der Waals surface area (Å²) in [5.74, 6) is -0.432. The summed E-state index contributed by atoms with van der Waals surface area (Å²) in [6.45, 7) is 3.12. The van der Waals surface area contributed by atoms with Crippen LogP contribution < -0.4 is 5.73 Å². The molecule has 0 aliphatic carbocycles. The third-order valence-electron chi connectivity index (χ3n) is 4.47. The van der Waals surface area contributed by atoms with Gasteiger partial charge < -0.3 is 10.5 Å². The van der Waals surface area contributed by atoms with Crippen LogP contribution >= 0.6 is 0 Å². The van der Waals surface area contributed by atoms with Crippen molar-refractivity contribution in [2.24, 2.45) is 11.7 Å². The van der Waals surface area contributed by atoms with Gasteiger partial charge in [0.25, 0.3) is 10.2 Å². The number of carbonyl (C=O) groups is 1. The molecule has 2 unspecified atom stereocenters. The molecule has 0 bridgehead atoms. The van der Waals surface area contributed by atoms with Crippen LogP contribution in [-0.4, -0.2) is 61.8 Å². The molecule has 0 amide bonds. The van der Waals surface area contributed by atoms with Crippen LogP contribution in [0.5, 0.6) is 0 Å². The molecule has 21 heavy (non-hydrogen) atoms. The van der Waals surface area contributed by atoms with Crippen molar-refractivity contribution in [3.63, 3.8) is 0 Å². The van der Waals surface area contributed by atoms with Crippen molar-refractivity contribution >= 4 is 16.2 Å². The van der Waals surface area contributed by atoms with Gasteiger partial charge in [0.05, 0.1) is 13.0 Å². The van der Waals surface area contributed by atoms with Gasteiger partial charge in [-0.2, -0.15) is 17.0 Å². The van der Waals surface area contributed by atoms with Crippen LogP contribution in [-0.2, 0) is 19.7 Å². The highest BCUT2D eigenvalue weighted by atomic mass is 32.2. The normalized spacial score (nSPS) is 30.2. The van der Waals surface area contributed by atoms with E-state index in [1.165, 1.54) is 11.4 Å². The summed E-state index contributed by atoms with van der Waals surface area (Å²) < 4.78 is 33.2. The first-order chi connectivity index (χ1) is 9.86. The molecule has 0 radical (unpaired) electrons. The lowest BCUT2D eigenvalue weighted by molar-refractivity contribution is -0.146. The molecule has 0 aromatic heterocycles. The summed E-state index contributed by atoms with van der Waals surface area (Å²) in [4.78, 5) is 11.5. The lowest BCUT2D eigenvalue weighted by atomic mass is 9.99. The Morgan fingerprint density at radius 2 is 1.81 bits per heavy atom. The summed E-state index contributed by atoms with van der Waals surface area (Å²) in [6.07, 6.45) is 2.43. The first-order valence-corrected chi connectivity index (χ1v) is 8.86. The molecule has 122 valence electrons. The minimum Gasteiger partial charge on any atom is -0.469 e. The van der Waals surface area contributed by atoms with E-state index in [4.69, 9.17) is 10.5 Å². The van der Waals surface area contributed by atoms with Crippen LogP contribution in [0.1, 0.15) is 32.6 Å². The molecular formula is C13H25N3O4S. The summed E-state index contributed by atoms with van der Waals surface area (Å²) in [7, 11) is -2.09. The van der Waals surface area contributed by atoms with Gasteiger partial charge in [-0.25, -0.2) is 0 Å². The van der Waals surface area contributed by atoms with E-state index in [9.17, 15) is 13.2 Å². The Morgan fingerprint density at radius 1 is 1.19 bits per heavy atom. The highest BCUT2D eigenvalue weighted by Gasteiger charge is 2.38. The fourth-order valence-electron chi connectivity index (χ4n) is 3.17. The van der Waals surface area contributed by atoms with E-state index < -0.39 is 10.2 Å². The standard InChI is InChI=1S/C13H25N3O4S/c1-10-9-12(14)5-8-16(10)21(18,19)15-6-3-11(4-7-15)13(17)20-2/h10-12H,3-9,14H2,1-2H3. The second-order valence-corrected chi connectivity index (χ2v) is 7.83. The Morgan fingerprint density at radius 3 is 2.33 bits per heavy atom. The summed E-state index contributed by atoms with van der Waals surface area (Å²) in [6, 6.07) is 0.00795. The number of hydrogen-bond acceptors (Lipinski definition) is 5. The number of ether oxygens (including phenoxy) is 1. The highest BCUT2D eigenvalue weighted by molar-refractivity contribution is 7.86. The summed E-state index contributed by atoms with van der Waals surface area (Å²) >= 11 is 0. The molecule has 2 aliphatic heterocycles. The van der Waals surface area contributed by atoms with Crippen molar-refractivity contribution in [1.29, 1.82) is 0 Å². The molecule has 2 N–H and O–H groups in total. The SMILES string of the molecule is COC(=O)C1CCN(S(=O)(=O)N2CCC(N)CC2C)CC1. The number of esters is 1. The Labute approximate surface area is 126 Å². The van der Waals surface area contributed by atoms with Gasteiger partial charge in [-0.05, 0) is 32.6 Å². The first kappa shape index (κ1) is 16.7. The van der Waals surface area contributed by atoms with E-state index >= 15 is 0 Å². The van der Waals surface area contributed by atoms with Crippen LogP contribution in [0.2, 0.25) is 0 Å². The second kappa shape index (κ2) is 6.60. The molecule has 7 nitrogen and oxygen atoms in total. The second-order valence-electron chi connectivity index (χ2n) is 5.95. The third kappa shape index (κ3) is 3.56. The van der Waals surface area contributed by atoms with Gasteiger partial charge in [0.1, 0.15) is 0 Å². The highest BCUT2D eigenvalue weighted by Crippen LogP contribution is 2.26. The van der Waals surface area contributed by atoms with Crippen molar-refractivity contribution in [2.75, 3.05) is 26.7 Å². The quantitative estimate of drug-likeness (QED) is 0.735. The number of hydrogen-bond donors (Lipinski definition) is 1. The molecule has 2 aliphatic rings. The maximum Gasteiger partial charge on any atom is 0.308 e. The van der Waals surface area contributed by atoms with E-state index in [1.54, 1.807) is 4.31 Å².